The van der Waals surface area contributed by atoms with Crippen LogP contribution < -0.4 is 10.6 Å². The van der Waals surface area contributed by atoms with Crippen LogP contribution in [0.4, 0.5) is 24.8 Å². The van der Waals surface area contributed by atoms with Crippen LogP contribution in [0.2, 0.25) is 0 Å². The van der Waals surface area contributed by atoms with Crippen molar-refractivity contribution in [2.45, 2.75) is 26.2 Å². The maximum Gasteiger partial charge on any atom is 0.259 e. The molecule has 1 amide bonds. The van der Waals surface area contributed by atoms with Gasteiger partial charge < -0.3 is 10.6 Å². The van der Waals surface area contributed by atoms with E-state index in [4.69, 9.17) is 0 Å². The van der Waals surface area contributed by atoms with Crippen molar-refractivity contribution in [2.75, 3.05) is 17.2 Å². The second-order valence-corrected chi connectivity index (χ2v) is 5.11. The van der Waals surface area contributed by atoms with Gasteiger partial charge in [-0.05, 0) is 30.7 Å². The second-order valence-electron chi connectivity index (χ2n) is 5.11. The number of nitrogens with zero attached hydrogens (tertiary/aromatic N) is 2. The summed E-state index contributed by atoms with van der Waals surface area (Å²) in [6.07, 6.45) is 3.22. The third kappa shape index (κ3) is 4.43. The van der Waals surface area contributed by atoms with Gasteiger partial charge in [-0.3, -0.25) is 4.79 Å². The van der Waals surface area contributed by atoms with Gasteiger partial charge in [-0.2, -0.15) is 0 Å². The van der Waals surface area contributed by atoms with Crippen molar-refractivity contribution in [2.24, 2.45) is 0 Å². The summed E-state index contributed by atoms with van der Waals surface area (Å²) in [5.41, 5.74) is -0.613. The van der Waals surface area contributed by atoms with E-state index in [2.05, 4.69) is 27.8 Å². The first kappa shape index (κ1) is 17.7. The number of unbranched alkanes of at least 4 members (excludes halogenated alkanes) is 2. The molecule has 0 bridgehead atoms. The first-order valence-corrected chi connectivity index (χ1v) is 7.55. The fourth-order valence-electron chi connectivity index (χ4n) is 1.97. The highest BCUT2D eigenvalue weighted by Crippen LogP contribution is 2.16. The third-order valence-electron chi connectivity index (χ3n) is 3.27. The lowest BCUT2D eigenvalue weighted by molar-refractivity contribution is 0.102. The minimum Gasteiger partial charge on any atom is -0.369 e. The average molecular weight is 338 g/mol. The molecule has 0 aliphatic rings. The number of nitrogens with one attached hydrogen (secondary N) is 2. The minimum absolute atomic E-state index is 0.0724. The molecule has 1 aromatic heterocycles. The predicted molar refractivity (Wildman–Crippen MR) is 84.3 cm³/mol. The summed E-state index contributed by atoms with van der Waals surface area (Å²) in [7, 11) is 0. The molecule has 8 heteroatoms. The summed E-state index contributed by atoms with van der Waals surface area (Å²) in [5.74, 6) is -4.92. The number of carbonyl (C=O) groups is 1. The molecule has 1 heterocycles. The number of hydrogen-bond donors (Lipinski definition) is 2. The second kappa shape index (κ2) is 8.28. The summed E-state index contributed by atoms with van der Waals surface area (Å²) >= 11 is 0. The van der Waals surface area contributed by atoms with Gasteiger partial charge in [0.25, 0.3) is 5.91 Å². The van der Waals surface area contributed by atoms with Crippen LogP contribution in [0.25, 0.3) is 0 Å². The van der Waals surface area contributed by atoms with Crippen molar-refractivity contribution in [1.29, 1.82) is 0 Å². The Kier molecular flexibility index (Phi) is 6.11. The summed E-state index contributed by atoms with van der Waals surface area (Å²) in [5, 5.41) is 13.0. The molecule has 2 aromatic rings. The van der Waals surface area contributed by atoms with Crippen LogP contribution in [0.15, 0.2) is 24.3 Å². The van der Waals surface area contributed by atoms with Gasteiger partial charge in [0.05, 0.1) is 5.56 Å². The first-order valence-electron chi connectivity index (χ1n) is 7.55. The summed E-state index contributed by atoms with van der Waals surface area (Å²) in [6.45, 7) is 2.86. The Balaban J connectivity index is 1.98. The lowest BCUT2D eigenvalue weighted by Gasteiger charge is -2.07. The van der Waals surface area contributed by atoms with Crippen molar-refractivity contribution >= 4 is 17.5 Å². The maximum atomic E-state index is 13.6. The highest BCUT2D eigenvalue weighted by Gasteiger charge is 2.19. The van der Waals surface area contributed by atoms with Crippen LogP contribution in [0.1, 0.15) is 36.5 Å². The van der Waals surface area contributed by atoms with Crippen LogP contribution in [0.3, 0.4) is 0 Å². The van der Waals surface area contributed by atoms with E-state index in [1.165, 1.54) is 6.07 Å². The van der Waals surface area contributed by atoms with Crippen LogP contribution >= 0.6 is 0 Å². The largest absolute Gasteiger partial charge is 0.369 e. The number of hydrogen-bond acceptors (Lipinski definition) is 4. The van der Waals surface area contributed by atoms with Crippen LogP contribution in [0.5, 0.6) is 0 Å². The molecule has 0 fully saturated rings. The van der Waals surface area contributed by atoms with E-state index >= 15 is 0 Å². The topological polar surface area (TPSA) is 66.9 Å². The molecule has 0 saturated heterocycles. The zero-order valence-corrected chi connectivity index (χ0v) is 13.1. The van der Waals surface area contributed by atoms with Gasteiger partial charge in [-0.1, -0.05) is 19.8 Å². The number of anilines is 2. The van der Waals surface area contributed by atoms with Gasteiger partial charge in [0, 0.05) is 6.54 Å². The highest BCUT2D eigenvalue weighted by molar-refractivity contribution is 6.03. The molecule has 0 unspecified atom stereocenters. The molecule has 0 aliphatic carbocycles. The van der Waals surface area contributed by atoms with Gasteiger partial charge >= 0.3 is 0 Å². The summed E-state index contributed by atoms with van der Waals surface area (Å²) in [4.78, 5) is 11.9. The number of carbonyl (C=O) groups excluding carboxylic acids is 1. The lowest BCUT2D eigenvalue weighted by Crippen LogP contribution is -2.16. The fourth-order valence-corrected chi connectivity index (χ4v) is 1.97. The van der Waals surface area contributed by atoms with Crippen molar-refractivity contribution < 1.29 is 18.0 Å². The van der Waals surface area contributed by atoms with Crippen LogP contribution in [0, 0.1) is 17.5 Å². The first-order chi connectivity index (χ1) is 11.5. The SMILES string of the molecule is CCCCCNc1ccc(NC(=O)c2ccc(F)c(F)c2F)nn1. The van der Waals surface area contributed by atoms with E-state index in [0.717, 1.165) is 31.9 Å². The molecule has 1 aromatic carbocycles. The quantitative estimate of drug-likeness (QED) is 0.596. The molecule has 5 nitrogen and oxygen atoms in total. The van der Waals surface area contributed by atoms with E-state index in [0.29, 0.717) is 11.9 Å². The van der Waals surface area contributed by atoms with E-state index in [1.807, 2.05) is 0 Å². The Morgan fingerprint density at radius 3 is 2.38 bits per heavy atom. The summed E-state index contributed by atoms with van der Waals surface area (Å²) in [6, 6.07) is 4.63. The molecular formula is C16H17F3N4O. The Hall–Kier alpha value is -2.64. The predicted octanol–water partition coefficient (Wildman–Crippen LogP) is 3.75. The highest BCUT2D eigenvalue weighted by atomic mass is 19.2. The number of halogens is 3. The zero-order chi connectivity index (χ0) is 17.5. The molecular weight excluding hydrogens is 321 g/mol. The van der Waals surface area contributed by atoms with Gasteiger partial charge in [-0.25, -0.2) is 13.2 Å². The van der Waals surface area contributed by atoms with E-state index in [-0.39, 0.29) is 5.82 Å². The molecule has 0 saturated carbocycles. The molecule has 2 rings (SSSR count). The summed E-state index contributed by atoms with van der Waals surface area (Å²) < 4.78 is 39.6. The van der Waals surface area contributed by atoms with Gasteiger partial charge in [-0.15, -0.1) is 10.2 Å². The Morgan fingerprint density at radius 1 is 1.00 bits per heavy atom. The Morgan fingerprint density at radius 2 is 1.71 bits per heavy atom. The van der Waals surface area contributed by atoms with Crippen LogP contribution in [-0.2, 0) is 0 Å². The molecule has 128 valence electrons. The van der Waals surface area contributed by atoms with Crippen molar-refractivity contribution in [3.8, 4) is 0 Å². The van der Waals surface area contributed by atoms with Crippen molar-refractivity contribution in [3.05, 3.63) is 47.3 Å². The fraction of sp³-hybridized carbons (Fsp3) is 0.312. The normalized spacial score (nSPS) is 10.5. The molecule has 0 atom stereocenters. The van der Waals surface area contributed by atoms with E-state index in [1.54, 1.807) is 6.07 Å². The molecule has 24 heavy (non-hydrogen) atoms. The Bertz CT molecular complexity index is 707. The lowest BCUT2D eigenvalue weighted by atomic mass is 10.2. The number of benzene rings is 1. The molecule has 2 N–H and O–H groups in total. The van der Waals surface area contributed by atoms with Gasteiger partial charge in [0.15, 0.2) is 23.3 Å². The van der Waals surface area contributed by atoms with Gasteiger partial charge in [0.1, 0.15) is 5.82 Å². The smallest absolute Gasteiger partial charge is 0.259 e. The average Bonchev–Trinajstić information content (AvgIpc) is 2.58. The van der Waals surface area contributed by atoms with Crippen molar-refractivity contribution in [1.82, 2.24) is 10.2 Å². The Labute approximate surface area is 137 Å². The van der Waals surface area contributed by atoms with Gasteiger partial charge in [0.2, 0.25) is 0 Å². The number of rotatable bonds is 7. The molecule has 0 aliphatic heterocycles. The standard InChI is InChI=1S/C16H17F3N4O/c1-2-3-4-9-20-12-7-8-13(23-22-12)21-16(24)10-5-6-11(17)15(19)14(10)18/h5-8H,2-4,9H2,1H3,(H,20,22)(H,21,23,24). The third-order valence-corrected chi connectivity index (χ3v) is 3.27. The number of amides is 1. The molecule has 0 radical (unpaired) electrons. The van der Waals surface area contributed by atoms with Crippen LogP contribution in [-0.4, -0.2) is 22.6 Å². The van der Waals surface area contributed by atoms with E-state index in [9.17, 15) is 18.0 Å². The van der Waals surface area contributed by atoms with E-state index < -0.39 is 28.9 Å². The monoisotopic (exact) mass is 338 g/mol. The number of aromatic nitrogens is 2. The maximum absolute atomic E-state index is 13.6. The zero-order valence-electron chi connectivity index (χ0n) is 13.1. The molecule has 0 spiro atoms. The van der Waals surface area contributed by atoms with Crippen molar-refractivity contribution in [3.63, 3.8) is 0 Å². The minimum atomic E-state index is -1.69.